The Morgan fingerprint density at radius 2 is 1.77 bits per heavy atom. The first-order valence-corrected chi connectivity index (χ1v) is 13.6. The van der Waals surface area contributed by atoms with E-state index in [1.807, 2.05) is 57.3 Å². The fourth-order valence-corrected chi connectivity index (χ4v) is 4.72. The van der Waals surface area contributed by atoms with Gasteiger partial charge in [-0.05, 0) is 70.5 Å². The molecule has 1 amide bonds. The number of benzene rings is 1. The summed E-state index contributed by atoms with van der Waals surface area (Å²) in [4.78, 5) is 37.9. The number of aliphatic hydroxyl groups is 1. The fourth-order valence-electron chi connectivity index (χ4n) is 4.72. The number of piperazine rings is 1. The smallest absolute Gasteiger partial charge is 0.410 e. The molecule has 1 aliphatic rings. The molecule has 1 fully saturated rings. The largest absolute Gasteiger partial charge is 0.444 e. The van der Waals surface area contributed by atoms with Crippen molar-refractivity contribution >= 4 is 17.1 Å². The second kappa shape index (κ2) is 10.9. The standard InChI is InChI=1S/C30H37N7O3/c1-29(2,3)40-28(38)37-12-10-36(11-13-37)18-20-8-9-31-22(14-20)16-27-34-23-7-6-21(15-25(23)35-27)24-17-26(30(4,5)39)33-19-32-24/h6-9,14-15,17,19,39H,10-13,16,18H2,1-5H3,(H,34,35). The summed E-state index contributed by atoms with van der Waals surface area (Å²) in [5, 5.41) is 10.3. The Hall–Kier alpha value is -3.89. The van der Waals surface area contributed by atoms with Crippen molar-refractivity contribution in [2.75, 3.05) is 26.2 Å². The minimum atomic E-state index is -1.04. The third kappa shape index (κ3) is 6.81. The number of hydrogen-bond donors (Lipinski definition) is 2. The van der Waals surface area contributed by atoms with Gasteiger partial charge in [-0.2, -0.15) is 0 Å². The summed E-state index contributed by atoms with van der Waals surface area (Å²) >= 11 is 0. The second-order valence-electron chi connectivity index (χ2n) is 11.8. The lowest BCUT2D eigenvalue weighted by Gasteiger charge is -2.35. The van der Waals surface area contributed by atoms with Gasteiger partial charge in [-0.25, -0.2) is 19.7 Å². The van der Waals surface area contributed by atoms with Crippen LogP contribution in [0, 0.1) is 0 Å². The number of aromatic nitrogens is 5. The second-order valence-corrected chi connectivity index (χ2v) is 11.8. The van der Waals surface area contributed by atoms with E-state index in [0.717, 1.165) is 53.4 Å². The average Bonchev–Trinajstić information content (AvgIpc) is 3.29. The quantitative estimate of drug-likeness (QED) is 0.370. The molecular weight excluding hydrogens is 506 g/mol. The Labute approximate surface area is 234 Å². The Balaban J connectivity index is 1.23. The molecule has 10 nitrogen and oxygen atoms in total. The van der Waals surface area contributed by atoms with Crippen molar-refractivity contribution in [2.24, 2.45) is 0 Å². The number of hydrogen-bond acceptors (Lipinski definition) is 8. The van der Waals surface area contributed by atoms with Gasteiger partial charge in [0.15, 0.2) is 0 Å². The molecule has 0 aliphatic carbocycles. The summed E-state index contributed by atoms with van der Waals surface area (Å²) in [5.74, 6) is 0.836. The van der Waals surface area contributed by atoms with Crippen LogP contribution >= 0.6 is 0 Å². The lowest BCUT2D eigenvalue weighted by molar-refractivity contribution is 0.0139. The highest BCUT2D eigenvalue weighted by atomic mass is 16.6. The molecule has 1 aromatic carbocycles. The molecule has 0 unspecified atom stereocenters. The maximum Gasteiger partial charge on any atom is 0.410 e. The number of aromatic amines is 1. The van der Waals surface area contributed by atoms with E-state index in [-0.39, 0.29) is 6.09 Å². The summed E-state index contributed by atoms with van der Waals surface area (Å²) < 4.78 is 5.51. The van der Waals surface area contributed by atoms with Gasteiger partial charge in [0.05, 0.1) is 22.4 Å². The molecule has 1 aliphatic heterocycles. The van der Waals surface area contributed by atoms with Crippen LogP contribution in [0.25, 0.3) is 22.3 Å². The molecule has 4 heterocycles. The summed E-state index contributed by atoms with van der Waals surface area (Å²) in [6.45, 7) is 12.8. The number of carbonyl (C=O) groups is 1. The van der Waals surface area contributed by atoms with E-state index in [1.54, 1.807) is 18.7 Å². The summed E-state index contributed by atoms with van der Waals surface area (Å²) in [6, 6.07) is 11.9. The zero-order chi connectivity index (χ0) is 28.5. The third-order valence-corrected chi connectivity index (χ3v) is 6.78. The van der Waals surface area contributed by atoms with Crippen LogP contribution in [-0.2, 0) is 23.3 Å². The Morgan fingerprint density at radius 1 is 1.00 bits per heavy atom. The van der Waals surface area contributed by atoms with Crippen molar-refractivity contribution in [3.63, 3.8) is 0 Å². The van der Waals surface area contributed by atoms with Crippen molar-refractivity contribution in [3.05, 3.63) is 71.7 Å². The lowest BCUT2D eigenvalue weighted by Crippen LogP contribution is -2.49. The van der Waals surface area contributed by atoms with E-state index >= 15 is 0 Å². The zero-order valence-electron chi connectivity index (χ0n) is 23.8. The number of nitrogens with zero attached hydrogens (tertiary/aromatic N) is 6. The molecule has 0 bridgehead atoms. The monoisotopic (exact) mass is 543 g/mol. The molecule has 4 aromatic rings. The number of ether oxygens (including phenoxy) is 1. The molecule has 3 aromatic heterocycles. The number of amides is 1. The topological polar surface area (TPSA) is 120 Å². The number of imidazole rings is 1. The summed E-state index contributed by atoms with van der Waals surface area (Å²) in [5.41, 5.74) is 4.61. The molecule has 0 spiro atoms. The number of carbonyl (C=O) groups excluding carboxylic acids is 1. The van der Waals surface area contributed by atoms with Crippen molar-refractivity contribution in [1.82, 2.24) is 34.7 Å². The van der Waals surface area contributed by atoms with Crippen molar-refractivity contribution < 1.29 is 14.6 Å². The molecule has 5 rings (SSSR count). The van der Waals surface area contributed by atoms with Crippen LogP contribution in [0.15, 0.2) is 48.9 Å². The average molecular weight is 544 g/mol. The molecule has 210 valence electrons. The van der Waals surface area contributed by atoms with Gasteiger partial charge in [-0.3, -0.25) is 9.88 Å². The highest BCUT2D eigenvalue weighted by molar-refractivity contribution is 5.81. The number of fused-ring (bicyclic) bond motifs is 1. The van der Waals surface area contributed by atoms with E-state index in [0.29, 0.717) is 25.2 Å². The molecule has 0 atom stereocenters. The van der Waals surface area contributed by atoms with Gasteiger partial charge in [-0.15, -0.1) is 0 Å². The van der Waals surface area contributed by atoms with Crippen LogP contribution in [0.3, 0.4) is 0 Å². The lowest BCUT2D eigenvalue weighted by atomic mass is 10.0. The van der Waals surface area contributed by atoms with E-state index in [4.69, 9.17) is 9.72 Å². The molecule has 40 heavy (non-hydrogen) atoms. The number of nitrogens with one attached hydrogen (secondary N) is 1. The number of pyridine rings is 1. The van der Waals surface area contributed by atoms with E-state index in [1.165, 1.54) is 11.9 Å². The van der Waals surface area contributed by atoms with Gasteiger partial charge in [0, 0.05) is 56.6 Å². The Kier molecular flexibility index (Phi) is 7.57. The third-order valence-electron chi connectivity index (χ3n) is 6.78. The minimum absolute atomic E-state index is 0.243. The number of rotatable bonds is 6. The van der Waals surface area contributed by atoms with Crippen molar-refractivity contribution in [3.8, 4) is 11.3 Å². The normalized spacial score (nSPS) is 15.0. The van der Waals surface area contributed by atoms with Gasteiger partial charge in [0.25, 0.3) is 0 Å². The maximum absolute atomic E-state index is 12.4. The Morgan fingerprint density at radius 3 is 2.50 bits per heavy atom. The maximum atomic E-state index is 12.4. The van der Waals surface area contributed by atoms with Crippen molar-refractivity contribution in [1.29, 1.82) is 0 Å². The first kappa shape index (κ1) is 27.7. The van der Waals surface area contributed by atoms with E-state index in [2.05, 4.69) is 30.9 Å². The van der Waals surface area contributed by atoms with Crippen LogP contribution < -0.4 is 0 Å². The van der Waals surface area contributed by atoms with E-state index in [9.17, 15) is 9.90 Å². The highest BCUT2D eigenvalue weighted by Crippen LogP contribution is 2.25. The van der Waals surface area contributed by atoms with Crippen LogP contribution in [0.2, 0.25) is 0 Å². The van der Waals surface area contributed by atoms with Gasteiger partial charge < -0.3 is 19.7 Å². The van der Waals surface area contributed by atoms with Crippen LogP contribution in [0.1, 0.15) is 57.4 Å². The molecule has 10 heteroatoms. The molecular formula is C30H37N7O3. The predicted molar refractivity (Wildman–Crippen MR) is 152 cm³/mol. The molecule has 1 saturated heterocycles. The molecule has 0 radical (unpaired) electrons. The summed E-state index contributed by atoms with van der Waals surface area (Å²) in [6.07, 6.45) is 3.66. The van der Waals surface area contributed by atoms with Gasteiger partial charge in [-0.1, -0.05) is 6.07 Å². The highest BCUT2D eigenvalue weighted by Gasteiger charge is 2.26. The summed E-state index contributed by atoms with van der Waals surface area (Å²) in [7, 11) is 0. The van der Waals surface area contributed by atoms with Gasteiger partial charge in [0.1, 0.15) is 23.4 Å². The zero-order valence-corrected chi connectivity index (χ0v) is 23.8. The first-order valence-electron chi connectivity index (χ1n) is 13.6. The van der Waals surface area contributed by atoms with Gasteiger partial charge >= 0.3 is 6.09 Å². The number of H-pyrrole nitrogens is 1. The van der Waals surface area contributed by atoms with Crippen LogP contribution in [0.5, 0.6) is 0 Å². The van der Waals surface area contributed by atoms with Crippen molar-refractivity contribution in [2.45, 2.75) is 58.8 Å². The molecule has 0 saturated carbocycles. The SMILES string of the molecule is CC(C)(C)OC(=O)N1CCN(Cc2ccnc(Cc3nc4ccc(-c5cc(C(C)(C)O)ncn5)cc4[nH]3)c2)CC1. The first-order chi connectivity index (χ1) is 18.9. The van der Waals surface area contributed by atoms with E-state index < -0.39 is 11.2 Å². The van der Waals surface area contributed by atoms with Gasteiger partial charge in [0.2, 0.25) is 0 Å². The predicted octanol–water partition coefficient (Wildman–Crippen LogP) is 4.29. The Bertz CT molecular complexity index is 1500. The minimum Gasteiger partial charge on any atom is -0.444 e. The van der Waals surface area contributed by atoms with Crippen LogP contribution in [0.4, 0.5) is 4.79 Å². The van der Waals surface area contributed by atoms with Crippen LogP contribution in [-0.4, -0.2) is 77.7 Å². The fraction of sp³-hybridized carbons (Fsp3) is 0.433. The molecule has 2 N–H and O–H groups in total.